The maximum absolute atomic E-state index is 12.6. The molecule has 112 valence electrons. The van der Waals surface area contributed by atoms with Crippen molar-refractivity contribution < 1.29 is 14.4 Å². The summed E-state index contributed by atoms with van der Waals surface area (Å²) < 4.78 is 0. The Morgan fingerprint density at radius 3 is 2.35 bits per heavy atom. The van der Waals surface area contributed by atoms with E-state index in [0.717, 1.165) is 32.1 Å². The molecule has 0 aromatic carbocycles. The molecule has 0 radical (unpaired) electrons. The molecule has 2 aliphatic rings. The standard InChI is InChI=1S/C15H24N2O3/c1-4-9(2)10(3)17-14(19)12(11-7-5-6-8-11)13(18)16-15(17)20/h9-12H,4-8H2,1-3H3,(H,16,18,20). The number of nitrogens with one attached hydrogen (secondary N) is 1. The number of carbonyl (C=O) groups excluding carboxylic acids is 3. The molecule has 3 atom stereocenters. The number of hydrogen-bond acceptors (Lipinski definition) is 3. The first-order valence-electron chi connectivity index (χ1n) is 7.65. The van der Waals surface area contributed by atoms with E-state index in [1.165, 1.54) is 4.90 Å². The minimum atomic E-state index is -0.665. The molecule has 2 fully saturated rings. The van der Waals surface area contributed by atoms with Gasteiger partial charge in [0, 0.05) is 6.04 Å². The highest BCUT2D eigenvalue weighted by molar-refractivity contribution is 6.16. The number of barbiturate groups is 1. The lowest BCUT2D eigenvalue weighted by molar-refractivity contribution is -0.146. The fourth-order valence-corrected chi connectivity index (χ4v) is 3.29. The zero-order chi connectivity index (χ0) is 14.9. The van der Waals surface area contributed by atoms with Crippen molar-refractivity contribution in [1.82, 2.24) is 10.2 Å². The lowest BCUT2D eigenvalue weighted by Crippen LogP contribution is -2.62. The minimum Gasteiger partial charge on any atom is -0.277 e. The summed E-state index contributed by atoms with van der Waals surface area (Å²) in [5.74, 6) is -1.04. The van der Waals surface area contributed by atoms with Crippen molar-refractivity contribution in [3.8, 4) is 0 Å². The molecule has 0 aromatic heterocycles. The zero-order valence-corrected chi connectivity index (χ0v) is 12.5. The first-order chi connectivity index (χ1) is 9.47. The second-order valence-corrected chi connectivity index (χ2v) is 6.15. The summed E-state index contributed by atoms with van der Waals surface area (Å²) in [6, 6.07) is -0.730. The predicted molar refractivity (Wildman–Crippen MR) is 74.7 cm³/mol. The van der Waals surface area contributed by atoms with Crippen molar-refractivity contribution in [2.24, 2.45) is 17.8 Å². The third-order valence-corrected chi connectivity index (χ3v) is 4.98. The number of imide groups is 2. The van der Waals surface area contributed by atoms with Crippen LogP contribution >= 0.6 is 0 Å². The number of urea groups is 1. The molecule has 1 N–H and O–H groups in total. The maximum atomic E-state index is 12.6. The lowest BCUT2D eigenvalue weighted by Gasteiger charge is -2.38. The smallest absolute Gasteiger partial charge is 0.277 e. The van der Waals surface area contributed by atoms with E-state index < -0.39 is 17.9 Å². The van der Waals surface area contributed by atoms with Gasteiger partial charge in [-0.05, 0) is 31.6 Å². The van der Waals surface area contributed by atoms with Crippen LogP contribution < -0.4 is 5.32 Å². The van der Waals surface area contributed by atoms with E-state index in [9.17, 15) is 14.4 Å². The first kappa shape index (κ1) is 15.0. The fraction of sp³-hybridized carbons (Fsp3) is 0.800. The van der Waals surface area contributed by atoms with Crippen LogP contribution in [0.5, 0.6) is 0 Å². The summed E-state index contributed by atoms with van der Waals surface area (Å²) in [7, 11) is 0. The highest BCUT2D eigenvalue weighted by Gasteiger charge is 2.47. The summed E-state index contributed by atoms with van der Waals surface area (Å²) >= 11 is 0. The number of rotatable bonds is 4. The van der Waals surface area contributed by atoms with Gasteiger partial charge < -0.3 is 0 Å². The Kier molecular flexibility index (Phi) is 4.45. The van der Waals surface area contributed by atoms with Crippen molar-refractivity contribution in [1.29, 1.82) is 0 Å². The Labute approximate surface area is 120 Å². The molecule has 2 rings (SSSR count). The Hall–Kier alpha value is -1.39. The van der Waals surface area contributed by atoms with Crippen LogP contribution in [0, 0.1) is 17.8 Å². The summed E-state index contributed by atoms with van der Waals surface area (Å²) in [6.45, 7) is 5.94. The van der Waals surface area contributed by atoms with Gasteiger partial charge in [0.15, 0.2) is 0 Å². The average molecular weight is 280 g/mol. The van der Waals surface area contributed by atoms with Gasteiger partial charge in [0.2, 0.25) is 11.8 Å². The van der Waals surface area contributed by atoms with Crippen LogP contribution in [0.25, 0.3) is 0 Å². The van der Waals surface area contributed by atoms with Crippen LogP contribution in [-0.2, 0) is 9.59 Å². The molecule has 4 amide bonds. The Bertz CT molecular complexity index is 415. The van der Waals surface area contributed by atoms with Crippen molar-refractivity contribution in [2.45, 2.75) is 58.9 Å². The fourth-order valence-electron chi connectivity index (χ4n) is 3.29. The second-order valence-electron chi connectivity index (χ2n) is 6.15. The molecule has 1 aliphatic heterocycles. The topological polar surface area (TPSA) is 66.5 Å². The molecular weight excluding hydrogens is 256 g/mol. The first-order valence-corrected chi connectivity index (χ1v) is 7.65. The number of amides is 4. The third-order valence-electron chi connectivity index (χ3n) is 4.98. The second kappa shape index (κ2) is 5.94. The Balaban J connectivity index is 2.21. The highest BCUT2D eigenvalue weighted by atomic mass is 16.2. The molecule has 1 aliphatic carbocycles. The van der Waals surface area contributed by atoms with Crippen LogP contribution in [0.1, 0.15) is 52.9 Å². The van der Waals surface area contributed by atoms with Gasteiger partial charge >= 0.3 is 6.03 Å². The van der Waals surface area contributed by atoms with Gasteiger partial charge in [-0.25, -0.2) is 4.79 Å². The van der Waals surface area contributed by atoms with E-state index in [2.05, 4.69) is 5.32 Å². The van der Waals surface area contributed by atoms with Crippen LogP contribution in [0.4, 0.5) is 4.79 Å². The molecule has 5 heteroatoms. The van der Waals surface area contributed by atoms with E-state index in [-0.39, 0.29) is 23.8 Å². The molecule has 20 heavy (non-hydrogen) atoms. The highest BCUT2D eigenvalue weighted by Crippen LogP contribution is 2.34. The van der Waals surface area contributed by atoms with Gasteiger partial charge in [-0.2, -0.15) is 0 Å². The summed E-state index contributed by atoms with van der Waals surface area (Å²) in [4.78, 5) is 38.0. The van der Waals surface area contributed by atoms with E-state index in [4.69, 9.17) is 0 Å². The zero-order valence-electron chi connectivity index (χ0n) is 12.5. The van der Waals surface area contributed by atoms with Gasteiger partial charge in [0.05, 0.1) is 0 Å². The van der Waals surface area contributed by atoms with Crippen molar-refractivity contribution in [3.63, 3.8) is 0 Å². The number of carbonyl (C=O) groups is 3. The monoisotopic (exact) mass is 280 g/mol. The molecule has 0 spiro atoms. The Morgan fingerprint density at radius 2 is 1.80 bits per heavy atom. The minimum absolute atomic E-state index is 0.0993. The van der Waals surface area contributed by atoms with E-state index in [1.807, 2.05) is 20.8 Å². The summed E-state index contributed by atoms with van der Waals surface area (Å²) in [5, 5.41) is 2.37. The van der Waals surface area contributed by atoms with E-state index >= 15 is 0 Å². The van der Waals surface area contributed by atoms with Crippen LogP contribution in [0.15, 0.2) is 0 Å². The predicted octanol–water partition coefficient (Wildman–Crippen LogP) is 2.31. The maximum Gasteiger partial charge on any atom is 0.331 e. The van der Waals surface area contributed by atoms with E-state index in [1.54, 1.807) is 0 Å². The van der Waals surface area contributed by atoms with Crippen LogP contribution in [0.2, 0.25) is 0 Å². The molecule has 0 aromatic rings. The molecule has 3 unspecified atom stereocenters. The van der Waals surface area contributed by atoms with Gasteiger partial charge in [-0.15, -0.1) is 0 Å². The van der Waals surface area contributed by atoms with E-state index in [0.29, 0.717) is 0 Å². The summed E-state index contributed by atoms with van der Waals surface area (Å²) in [5.41, 5.74) is 0. The van der Waals surface area contributed by atoms with Crippen molar-refractivity contribution in [2.75, 3.05) is 0 Å². The van der Waals surface area contributed by atoms with Gasteiger partial charge in [0.25, 0.3) is 0 Å². The van der Waals surface area contributed by atoms with Gasteiger partial charge in [0.1, 0.15) is 5.92 Å². The molecular formula is C15H24N2O3. The SMILES string of the molecule is CCC(C)C(C)N1C(=O)NC(=O)C(C2CCCC2)C1=O. The molecule has 5 nitrogen and oxygen atoms in total. The lowest BCUT2D eigenvalue weighted by atomic mass is 9.86. The third kappa shape index (κ3) is 2.58. The molecule has 1 heterocycles. The number of hydrogen-bond donors (Lipinski definition) is 1. The van der Waals surface area contributed by atoms with Gasteiger partial charge in [-0.1, -0.05) is 33.1 Å². The van der Waals surface area contributed by atoms with Crippen molar-refractivity contribution >= 4 is 17.8 Å². The average Bonchev–Trinajstić information content (AvgIpc) is 2.90. The molecule has 0 bridgehead atoms. The van der Waals surface area contributed by atoms with Crippen molar-refractivity contribution in [3.05, 3.63) is 0 Å². The normalized spacial score (nSPS) is 27.6. The molecule has 1 saturated heterocycles. The quantitative estimate of drug-likeness (QED) is 0.804. The van der Waals surface area contributed by atoms with Crippen LogP contribution in [0.3, 0.4) is 0 Å². The number of nitrogens with zero attached hydrogens (tertiary/aromatic N) is 1. The van der Waals surface area contributed by atoms with Gasteiger partial charge in [-0.3, -0.25) is 19.8 Å². The Morgan fingerprint density at radius 1 is 1.20 bits per heavy atom. The molecule has 1 saturated carbocycles. The van der Waals surface area contributed by atoms with Crippen LogP contribution in [-0.4, -0.2) is 28.8 Å². The largest absolute Gasteiger partial charge is 0.331 e. The summed E-state index contributed by atoms with van der Waals surface area (Å²) in [6.07, 6.45) is 4.83.